The van der Waals surface area contributed by atoms with Crippen LogP contribution in [-0.4, -0.2) is 11.9 Å². The van der Waals surface area contributed by atoms with E-state index < -0.39 is 11.9 Å². The topological polar surface area (TPSA) is 65.7 Å². The molecule has 0 saturated heterocycles. The molecule has 0 atom stereocenters. The molecule has 5 heteroatoms. The van der Waals surface area contributed by atoms with Crippen LogP contribution in [-0.2, 0) is 9.59 Å². The van der Waals surface area contributed by atoms with E-state index in [1.165, 1.54) is 0 Å². The normalized spacial score (nSPS) is 9.66. The molecule has 29 heavy (non-hydrogen) atoms. The van der Waals surface area contributed by atoms with Gasteiger partial charge >= 0.3 is 11.9 Å². The zero-order valence-corrected chi connectivity index (χ0v) is 15.4. The van der Waals surface area contributed by atoms with Crippen LogP contribution in [0.1, 0.15) is 11.3 Å². The first-order valence-electron chi connectivity index (χ1n) is 8.58. The Balaban J connectivity index is 1.68. The van der Waals surface area contributed by atoms with E-state index in [1.54, 1.807) is 54.6 Å². The van der Waals surface area contributed by atoms with E-state index in [-0.39, 0.29) is 0 Å². The van der Waals surface area contributed by atoms with Crippen LogP contribution >= 0.6 is 0 Å². The average Bonchev–Trinajstić information content (AvgIpc) is 3.22. The fraction of sp³-hybridized carbons (Fsp3) is 0. The standard InChI is InChI=1S/C24H16O5/c1-3-23(25)28-20-11-6-17(7-12-20)5-10-19-15-16-22(27-19)18-8-13-21(14-9-18)29-24(26)4-2/h3-4,6-9,11-16H,1-2H2. The number of esters is 2. The van der Waals surface area contributed by atoms with Crippen molar-refractivity contribution in [3.63, 3.8) is 0 Å². The van der Waals surface area contributed by atoms with Crippen LogP contribution in [0.25, 0.3) is 11.3 Å². The van der Waals surface area contributed by atoms with Gasteiger partial charge < -0.3 is 13.9 Å². The molecule has 0 aliphatic rings. The molecular weight excluding hydrogens is 368 g/mol. The molecule has 0 fully saturated rings. The third-order valence-corrected chi connectivity index (χ3v) is 3.70. The Morgan fingerprint density at radius 2 is 1.31 bits per heavy atom. The van der Waals surface area contributed by atoms with Crippen molar-refractivity contribution < 1.29 is 23.5 Å². The van der Waals surface area contributed by atoms with E-state index in [2.05, 4.69) is 25.0 Å². The molecule has 0 saturated carbocycles. The maximum absolute atomic E-state index is 11.2. The number of carbonyl (C=O) groups excluding carboxylic acids is 2. The Hall–Kier alpha value is -4.30. The van der Waals surface area contributed by atoms with Gasteiger partial charge in [0, 0.05) is 23.3 Å². The summed E-state index contributed by atoms with van der Waals surface area (Å²) in [5.74, 6) is 6.89. The zero-order valence-electron chi connectivity index (χ0n) is 15.4. The Bertz CT molecular complexity index is 1110. The Labute approximate surface area is 167 Å². The second-order valence-corrected chi connectivity index (χ2v) is 5.71. The van der Waals surface area contributed by atoms with Crippen LogP contribution in [0.5, 0.6) is 11.5 Å². The van der Waals surface area contributed by atoms with Crippen LogP contribution in [0.3, 0.4) is 0 Å². The minimum Gasteiger partial charge on any atom is -0.448 e. The average molecular weight is 384 g/mol. The highest BCUT2D eigenvalue weighted by atomic mass is 16.5. The molecule has 0 amide bonds. The van der Waals surface area contributed by atoms with Crippen molar-refractivity contribution in [1.82, 2.24) is 0 Å². The van der Waals surface area contributed by atoms with E-state index >= 15 is 0 Å². The second-order valence-electron chi connectivity index (χ2n) is 5.71. The van der Waals surface area contributed by atoms with Crippen molar-refractivity contribution in [2.75, 3.05) is 0 Å². The highest BCUT2D eigenvalue weighted by molar-refractivity contribution is 5.83. The zero-order chi connectivity index (χ0) is 20.6. The summed E-state index contributed by atoms with van der Waals surface area (Å²) in [5.41, 5.74) is 1.57. The molecule has 2 aromatic carbocycles. The predicted molar refractivity (Wildman–Crippen MR) is 108 cm³/mol. The third kappa shape index (κ3) is 5.34. The summed E-state index contributed by atoms with van der Waals surface area (Å²) in [6, 6.07) is 17.3. The molecule has 5 nitrogen and oxygen atoms in total. The minimum absolute atomic E-state index is 0.419. The summed E-state index contributed by atoms with van der Waals surface area (Å²) >= 11 is 0. The van der Waals surface area contributed by atoms with E-state index in [4.69, 9.17) is 13.9 Å². The molecular formula is C24H16O5. The molecule has 1 aromatic heterocycles. The van der Waals surface area contributed by atoms with Gasteiger partial charge in [0.15, 0.2) is 5.76 Å². The van der Waals surface area contributed by atoms with E-state index in [0.29, 0.717) is 23.0 Å². The number of hydrogen-bond donors (Lipinski definition) is 0. The van der Waals surface area contributed by atoms with Crippen molar-refractivity contribution in [3.05, 3.63) is 97.3 Å². The number of benzene rings is 2. The minimum atomic E-state index is -0.515. The van der Waals surface area contributed by atoms with Gasteiger partial charge in [-0.2, -0.15) is 0 Å². The number of ether oxygens (including phenoxy) is 2. The van der Waals surface area contributed by atoms with Crippen molar-refractivity contribution in [3.8, 4) is 34.7 Å². The monoisotopic (exact) mass is 384 g/mol. The van der Waals surface area contributed by atoms with E-state index in [0.717, 1.165) is 23.3 Å². The smallest absolute Gasteiger partial charge is 0.335 e. The molecule has 0 radical (unpaired) electrons. The quantitative estimate of drug-likeness (QED) is 0.280. The lowest BCUT2D eigenvalue weighted by molar-refractivity contribution is -0.129. The molecule has 1 heterocycles. The Morgan fingerprint density at radius 3 is 1.86 bits per heavy atom. The molecule has 142 valence electrons. The maximum atomic E-state index is 11.2. The molecule has 0 bridgehead atoms. The lowest BCUT2D eigenvalue weighted by Gasteiger charge is -2.02. The van der Waals surface area contributed by atoms with Gasteiger partial charge in [0.25, 0.3) is 0 Å². The van der Waals surface area contributed by atoms with Gasteiger partial charge in [0.2, 0.25) is 0 Å². The van der Waals surface area contributed by atoms with Crippen molar-refractivity contribution in [2.45, 2.75) is 0 Å². The number of rotatable bonds is 5. The molecule has 3 rings (SSSR count). The van der Waals surface area contributed by atoms with Gasteiger partial charge in [-0.3, -0.25) is 0 Å². The molecule has 0 N–H and O–H groups in total. The predicted octanol–water partition coefficient (Wildman–Crippen LogP) is 4.53. The van der Waals surface area contributed by atoms with Gasteiger partial charge in [-0.15, -0.1) is 0 Å². The fourth-order valence-electron chi connectivity index (χ4n) is 2.30. The van der Waals surface area contributed by atoms with E-state index in [1.807, 2.05) is 6.07 Å². The highest BCUT2D eigenvalue weighted by Gasteiger charge is 2.05. The Kier molecular flexibility index (Phi) is 6.08. The van der Waals surface area contributed by atoms with Crippen LogP contribution < -0.4 is 9.47 Å². The number of furan rings is 1. The van der Waals surface area contributed by atoms with Crippen LogP contribution in [0.4, 0.5) is 0 Å². The van der Waals surface area contributed by atoms with Gasteiger partial charge in [-0.25, -0.2) is 9.59 Å². The van der Waals surface area contributed by atoms with E-state index in [9.17, 15) is 9.59 Å². The lowest BCUT2D eigenvalue weighted by Crippen LogP contribution is -2.02. The maximum Gasteiger partial charge on any atom is 0.335 e. The lowest BCUT2D eigenvalue weighted by atomic mass is 10.2. The first kappa shape index (κ1) is 19.5. The van der Waals surface area contributed by atoms with Crippen LogP contribution in [0, 0.1) is 11.8 Å². The molecule has 0 spiro atoms. The summed E-state index contributed by atoms with van der Waals surface area (Å²) in [5, 5.41) is 0. The molecule has 0 aliphatic heterocycles. The Morgan fingerprint density at radius 1 is 0.759 bits per heavy atom. The summed E-state index contributed by atoms with van der Waals surface area (Å²) in [7, 11) is 0. The summed E-state index contributed by atoms with van der Waals surface area (Å²) in [6.45, 7) is 6.71. The van der Waals surface area contributed by atoms with Gasteiger partial charge in [0.05, 0.1) is 0 Å². The molecule has 0 aliphatic carbocycles. The SMILES string of the molecule is C=CC(=O)Oc1ccc(C#Cc2ccc(-c3ccc(OC(=O)C=C)cc3)o2)cc1. The number of carbonyl (C=O) groups is 2. The van der Waals surface area contributed by atoms with Crippen LogP contribution in [0.15, 0.2) is 90.4 Å². The highest BCUT2D eigenvalue weighted by Crippen LogP contribution is 2.24. The largest absolute Gasteiger partial charge is 0.448 e. The molecule has 0 unspecified atom stereocenters. The summed E-state index contributed by atoms with van der Waals surface area (Å²) in [4.78, 5) is 22.4. The third-order valence-electron chi connectivity index (χ3n) is 3.70. The summed E-state index contributed by atoms with van der Waals surface area (Å²) in [6.07, 6.45) is 2.20. The first-order chi connectivity index (χ1) is 14.1. The van der Waals surface area contributed by atoms with Gasteiger partial charge in [-0.1, -0.05) is 19.1 Å². The number of hydrogen-bond acceptors (Lipinski definition) is 5. The van der Waals surface area contributed by atoms with Crippen molar-refractivity contribution in [1.29, 1.82) is 0 Å². The van der Waals surface area contributed by atoms with Crippen LogP contribution in [0.2, 0.25) is 0 Å². The summed E-state index contributed by atoms with van der Waals surface area (Å²) < 4.78 is 15.8. The van der Waals surface area contributed by atoms with Gasteiger partial charge in [0.1, 0.15) is 17.3 Å². The first-order valence-corrected chi connectivity index (χ1v) is 8.58. The fourth-order valence-corrected chi connectivity index (χ4v) is 2.30. The van der Waals surface area contributed by atoms with Crippen molar-refractivity contribution in [2.24, 2.45) is 0 Å². The van der Waals surface area contributed by atoms with Gasteiger partial charge in [-0.05, 0) is 66.6 Å². The molecule has 3 aromatic rings. The second kappa shape index (κ2) is 9.07. The van der Waals surface area contributed by atoms with Crippen molar-refractivity contribution >= 4 is 11.9 Å².